The Kier molecular flexibility index (Phi) is 5.76. The molecule has 1 aliphatic rings. The Morgan fingerprint density at radius 2 is 1.96 bits per heavy atom. The number of rotatable bonds is 5. The van der Waals surface area contributed by atoms with Crippen LogP contribution in [0, 0.1) is 12.8 Å². The van der Waals surface area contributed by atoms with Crippen molar-refractivity contribution in [2.24, 2.45) is 5.92 Å². The van der Waals surface area contributed by atoms with Gasteiger partial charge in [-0.15, -0.1) is 0 Å². The van der Waals surface area contributed by atoms with Gasteiger partial charge in [-0.05, 0) is 37.3 Å². The van der Waals surface area contributed by atoms with Gasteiger partial charge in [-0.2, -0.15) is 0 Å². The third-order valence-electron chi connectivity index (χ3n) is 4.26. The summed E-state index contributed by atoms with van der Waals surface area (Å²) < 4.78 is 5.08. The molecule has 2 aromatic carbocycles. The molecule has 1 atom stereocenters. The number of hydrogen-bond donors (Lipinski definition) is 1. The van der Waals surface area contributed by atoms with Gasteiger partial charge in [-0.1, -0.05) is 35.4 Å². The molecule has 0 spiro atoms. The minimum atomic E-state index is -0.585. The minimum Gasteiger partial charge on any atom is -0.455 e. The molecule has 1 fully saturated rings. The number of anilines is 2. The van der Waals surface area contributed by atoms with E-state index < -0.39 is 24.4 Å². The van der Waals surface area contributed by atoms with E-state index in [-0.39, 0.29) is 18.9 Å². The van der Waals surface area contributed by atoms with E-state index in [0.717, 1.165) is 11.3 Å². The van der Waals surface area contributed by atoms with Gasteiger partial charge in [0.05, 0.1) is 5.92 Å². The molecular weight excluding hydrogens is 368 g/mol. The van der Waals surface area contributed by atoms with Crippen LogP contribution in [0.1, 0.15) is 12.0 Å². The van der Waals surface area contributed by atoms with Crippen molar-refractivity contribution < 1.29 is 19.1 Å². The number of hydrogen-bond acceptors (Lipinski definition) is 4. The molecular formula is C20H19ClN2O4. The maximum Gasteiger partial charge on any atom is 0.311 e. The fraction of sp³-hybridized carbons (Fsp3) is 0.250. The molecule has 27 heavy (non-hydrogen) atoms. The van der Waals surface area contributed by atoms with Gasteiger partial charge in [0, 0.05) is 29.4 Å². The lowest BCUT2D eigenvalue weighted by atomic mass is 10.1. The Balaban J connectivity index is 1.52. The number of ether oxygens (including phenoxy) is 1. The molecule has 0 unspecified atom stereocenters. The normalized spacial score (nSPS) is 16.3. The number of aryl methyl sites for hydroxylation is 1. The van der Waals surface area contributed by atoms with Gasteiger partial charge in [0.1, 0.15) is 0 Å². The van der Waals surface area contributed by atoms with Crippen LogP contribution in [0.25, 0.3) is 0 Å². The van der Waals surface area contributed by atoms with E-state index in [4.69, 9.17) is 16.3 Å². The number of amides is 2. The van der Waals surface area contributed by atoms with Gasteiger partial charge >= 0.3 is 5.97 Å². The van der Waals surface area contributed by atoms with Crippen LogP contribution in [-0.4, -0.2) is 30.9 Å². The van der Waals surface area contributed by atoms with Crippen LogP contribution in [0.2, 0.25) is 5.02 Å². The zero-order chi connectivity index (χ0) is 19.4. The fourth-order valence-corrected chi connectivity index (χ4v) is 3.05. The van der Waals surface area contributed by atoms with Crippen molar-refractivity contribution >= 4 is 40.8 Å². The molecule has 7 heteroatoms. The first-order chi connectivity index (χ1) is 12.9. The summed E-state index contributed by atoms with van der Waals surface area (Å²) in [4.78, 5) is 37.9. The van der Waals surface area contributed by atoms with Crippen molar-refractivity contribution in [2.75, 3.05) is 23.4 Å². The van der Waals surface area contributed by atoms with Crippen LogP contribution >= 0.6 is 11.6 Å². The van der Waals surface area contributed by atoms with E-state index in [1.54, 1.807) is 29.2 Å². The molecule has 1 heterocycles. The molecule has 6 nitrogen and oxygen atoms in total. The molecule has 1 aliphatic heterocycles. The van der Waals surface area contributed by atoms with Crippen molar-refractivity contribution in [3.8, 4) is 0 Å². The Labute approximate surface area is 162 Å². The number of carbonyl (C=O) groups excluding carboxylic acids is 3. The summed E-state index contributed by atoms with van der Waals surface area (Å²) in [5.74, 6) is -1.74. The summed E-state index contributed by atoms with van der Waals surface area (Å²) in [6.07, 6.45) is 0.0720. The third-order valence-corrected chi connectivity index (χ3v) is 4.49. The van der Waals surface area contributed by atoms with Gasteiger partial charge in [0.2, 0.25) is 5.91 Å². The van der Waals surface area contributed by atoms with Gasteiger partial charge in [0.15, 0.2) is 6.61 Å². The van der Waals surface area contributed by atoms with Crippen LogP contribution in [0.15, 0.2) is 48.5 Å². The SMILES string of the molecule is Cc1ccc(N2C[C@@H](C(=O)OCC(=O)Nc3cccc(Cl)c3)CC2=O)cc1. The quantitative estimate of drug-likeness (QED) is 0.801. The second kappa shape index (κ2) is 8.22. The zero-order valence-corrected chi connectivity index (χ0v) is 15.5. The van der Waals surface area contributed by atoms with Crippen molar-refractivity contribution in [2.45, 2.75) is 13.3 Å². The van der Waals surface area contributed by atoms with Gasteiger partial charge in [0.25, 0.3) is 5.91 Å². The summed E-state index contributed by atoms with van der Waals surface area (Å²) in [6, 6.07) is 14.2. The fourth-order valence-electron chi connectivity index (χ4n) is 2.86. The largest absolute Gasteiger partial charge is 0.455 e. The lowest BCUT2D eigenvalue weighted by Gasteiger charge is -2.16. The number of carbonyl (C=O) groups is 3. The molecule has 0 radical (unpaired) electrons. The van der Waals surface area contributed by atoms with E-state index in [0.29, 0.717) is 10.7 Å². The first kappa shape index (κ1) is 18.9. The van der Waals surface area contributed by atoms with Crippen molar-refractivity contribution in [1.29, 1.82) is 0 Å². The molecule has 1 saturated heterocycles. The average molecular weight is 387 g/mol. The maximum absolute atomic E-state index is 12.2. The highest BCUT2D eigenvalue weighted by atomic mass is 35.5. The van der Waals surface area contributed by atoms with Crippen molar-refractivity contribution in [3.63, 3.8) is 0 Å². The number of nitrogens with one attached hydrogen (secondary N) is 1. The first-order valence-electron chi connectivity index (χ1n) is 8.51. The number of benzene rings is 2. The van der Waals surface area contributed by atoms with Crippen LogP contribution in [-0.2, 0) is 19.1 Å². The lowest BCUT2D eigenvalue weighted by molar-refractivity contribution is -0.151. The monoisotopic (exact) mass is 386 g/mol. The molecule has 0 bridgehead atoms. The Morgan fingerprint density at radius 1 is 1.22 bits per heavy atom. The topological polar surface area (TPSA) is 75.7 Å². The predicted molar refractivity (Wildman–Crippen MR) is 103 cm³/mol. The summed E-state index contributed by atoms with van der Waals surface area (Å²) in [5.41, 5.74) is 2.36. The Bertz CT molecular complexity index is 867. The second-order valence-electron chi connectivity index (χ2n) is 6.41. The van der Waals surface area contributed by atoms with Crippen molar-refractivity contribution in [3.05, 3.63) is 59.1 Å². The van der Waals surface area contributed by atoms with Crippen LogP contribution in [0.5, 0.6) is 0 Å². The maximum atomic E-state index is 12.2. The molecule has 0 aromatic heterocycles. The predicted octanol–water partition coefficient (Wildman–Crippen LogP) is 3.18. The number of nitrogens with zero attached hydrogens (tertiary/aromatic N) is 1. The minimum absolute atomic E-state index is 0.0720. The highest BCUT2D eigenvalue weighted by molar-refractivity contribution is 6.30. The Hall–Kier alpha value is -2.86. The van der Waals surface area contributed by atoms with Crippen LogP contribution < -0.4 is 10.2 Å². The zero-order valence-electron chi connectivity index (χ0n) is 14.8. The molecule has 2 amide bonds. The van der Waals surface area contributed by atoms with Crippen LogP contribution in [0.3, 0.4) is 0 Å². The van der Waals surface area contributed by atoms with E-state index in [1.807, 2.05) is 31.2 Å². The van der Waals surface area contributed by atoms with E-state index in [2.05, 4.69) is 5.32 Å². The summed E-state index contributed by atoms with van der Waals surface area (Å²) in [5, 5.41) is 3.09. The van der Waals surface area contributed by atoms with E-state index >= 15 is 0 Å². The molecule has 0 saturated carbocycles. The average Bonchev–Trinajstić information content (AvgIpc) is 3.02. The summed E-state index contributed by atoms with van der Waals surface area (Å²) in [7, 11) is 0. The second-order valence-corrected chi connectivity index (χ2v) is 6.84. The van der Waals surface area contributed by atoms with E-state index in [9.17, 15) is 14.4 Å². The highest BCUT2D eigenvalue weighted by Crippen LogP contribution is 2.26. The first-order valence-corrected chi connectivity index (χ1v) is 8.89. The van der Waals surface area contributed by atoms with E-state index in [1.165, 1.54) is 0 Å². The lowest BCUT2D eigenvalue weighted by Crippen LogP contribution is -2.28. The molecule has 0 aliphatic carbocycles. The molecule has 3 rings (SSSR count). The van der Waals surface area contributed by atoms with Crippen LogP contribution in [0.4, 0.5) is 11.4 Å². The third kappa shape index (κ3) is 4.86. The number of esters is 1. The van der Waals surface area contributed by atoms with Gasteiger partial charge < -0.3 is 15.0 Å². The standard InChI is InChI=1S/C20H19ClN2O4/c1-13-5-7-17(8-6-13)23-11-14(9-19(23)25)20(26)27-12-18(24)22-16-4-2-3-15(21)10-16/h2-8,10,14H,9,11-12H2,1H3,(H,22,24)/t14-/m0/s1. The molecule has 1 N–H and O–H groups in total. The highest BCUT2D eigenvalue weighted by Gasteiger charge is 2.36. The van der Waals surface area contributed by atoms with Gasteiger partial charge in [-0.3, -0.25) is 14.4 Å². The number of halogens is 1. The molecule has 140 valence electrons. The van der Waals surface area contributed by atoms with Gasteiger partial charge in [-0.25, -0.2) is 0 Å². The Morgan fingerprint density at radius 3 is 2.67 bits per heavy atom. The smallest absolute Gasteiger partial charge is 0.311 e. The summed E-state index contributed by atoms with van der Waals surface area (Å²) in [6.45, 7) is 1.79. The van der Waals surface area contributed by atoms with Crippen molar-refractivity contribution in [1.82, 2.24) is 0 Å². The summed E-state index contributed by atoms with van der Waals surface area (Å²) >= 11 is 5.86. The molecule has 2 aromatic rings.